The Hall–Kier alpha value is -2.46. The summed E-state index contributed by atoms with van der Waals surface area (Å²) in [6, 6.07) is 14.7. The Morgan fingerprint density at radius 2 is 1.71 bits per heavy atom. The second-order valence-electron chi connectivity index (χ2n) is 4.73. The molecule has 1 N–H and O–H groups in total. The van der Waals surface area contributed by atoms with Crippen LogP contribution in [0, 0.1) is 0 Å². The van der Waals surface area contributed by atoms with E-state index in [1.165, 1.54) is 6.92 Å². The van der Waals surface area contributed by atoms with Gasteiger partial charge in [0.1, 0.15) is 0 Å². The number of carbonyl (C=O) groups is 2. The van der Waals surface area contributed by atoms with E-state index in [-0.39, 0.29) is 11.7 Å². The summed E-state index contributed by atoms with van der Waals surface area (Å²) in [6.45, 7) is 1.52. The minimum Gasteiger partial charge on any atom is -0.322 e. The van der Waals surface area contributed by atoms with E-state index >= 15 is 0 Å². The predicted octanol–water partition coefficient (Wildman–Crippen LogP) is 4.36. The molecule has 0 saturated heterocycles. The lowest BCUT2D eigenvalue weighted by Gasteiger charge is -2.05. The topological polar surface area (TPSA) is 46.2 Å². The zero-order valence-electron chi connectivity index (χ0n) is 11.4. The molecule has 0 saturated carbocycles. The maximum absolute atomic E-state index is 12.3. The number of benzene rings is 2. The maximum atomic E-state index is 12.3. The number of nitrogens with one attached hydrogen (secondary N) is 1. The van der Waals surface area contributed by atoms with Crippen molar-refractivity contribution in [2.45, 2.75) is 6.92 Å². The zero-order valence-corrected chi connectivity index (χ0v) is 12.2. The summed E-state index contributed by atoms with van der Waals surface area (Å²) in [5.41, 5.74) is 1.99. The molecule has 2 aromatic carbocycles. The highest BCUT2D eigenvalue weighted by Gasteiger charge is 2.12. The first-order valence-corrected chi connectivity index (χ1v) is 7.42. The smallest absolute Gasteiger partial charge is 0.257 e. The number of hydrogen-bond donors (Lipinski definition) is 1. The summed E-state index contributed by atoms with van der Waals surface area (Å²) in [5, 5.41) is 5.68. The number of anilines is 1. The van der Waals surface area contributed by atoms with Gasteiger partial charge >= 0.3 is 0 Å². The van der Waals surface area contributed by atoms with Gasteiger partial charge < -0.3 is 5.32 Å². The molecule has 0 atom stereocenters. The van der Waals surface area contributed by atoms with Gasteiger partial charge in [-0.1, -0.05) is 18.2 Å². The first kappa shape index (κ1) is 13.5. The van der Waals surface area contributed by atoms with Gasteiger partial charge in [0.05, 0.1) is 5.56 Å². The van der Waals surface area contributed by atoms with Gasteiger partial charge in [0.15, 0.2) is 5.78 Å². The maximum Gasteiger partial charge on any atom is 0.257 e. The minimum atomic E-state index is -0.136. The van der Waals surface area contributed by atoms with Crippen molar-refractivity contribution in [3.8, 4) is 0 Å². The Labute approximate surface area is 126 Å². The van der Waals surface area contributed by atoms with Crippen LogP contribution in [0.15, 0.2) is 53.9 Å². The Bertz CT molecular complexity index is 818. The minimum absolute atomic E-state index is 0.0108. The summed E-state index contributed by atoms with van der Waals surface area (Å²) in [7, 11) is 0. The third-order valence-electron chi connectivity index (χ3n) is 3.27. The van der Waals surface area contributed by atoms with Gasteiger partial charge in [0.25, 0.3) is 5.91 Å². The van der Waals surface area contributed by atoms with Crippen molar-refractivity contribution in [1.29, 1.82) is 0 Å². The molecule has 1 amide bonds. The largest absolute Gasteiger partial charge is 0.322 e. The molecule has 3 aromatic rings. The van der Waals surface area contributed by atoms with E-state index in [1.54, 1.807) is 35.6 Å². The molecular formula is C17H13NO2S. The molecule has 3 rings (SSSR count). The Morgan fingerprint density at radius 3 is 2.43 bits per heavy atom. The van der Waals surface area contributed by atoms with E-state index in [9.17, 15) is 9.59 Å². The van der Waals surface area contributed by atoms with Crippen LogP contribution in [0.3, 0.4) is 0 Å². The molecule has 0 aliphatic carbocycles. The summed E-state index contributed by atoms with van der Waals surface area (Å²) in [5.74, 6) is -0.125. The number of amides is 1. The standard InChI is InChI=1S/C17H13NO2S/c1-11(19)12-6-8-13(9-7-12)18-17(20)15-10-21-16-5-3-2-4-14(15)16/h2-10H,1H3,(H,18,20). The third kappa shape index (κ3) is 2.71. The molecule has 0 aliphatic heterocycles. The van der Waals surface area contributed by atoms with Crippen LogP contribution >= 0.6 is 11.3 Å². The summed E-state index contributed by atoms with van der Waals surface area (Å²) < 4.78 is 1.09. The predicted molar refractivity (Wildman–Crippen MR) is 86.2 cm³/mol. The second kappa shape index (κ2) is 5.50. The zero-order chi connectivity index (χ0) is 14.8. The molecule has 1 heterocycles. The van der Waals surface area contributed by atoms with Crippen molar-refractivity contribution >= 4 is 38.8 Å². The quantitative estimate of drug-likeness (QED) is 0.730. The number of ketones is 1. The first-order valence-electron chi connectivity index (χ1n) is 6.54. The van der Waals surface area contributed by atoms with Gasteiger partial charge in [-0.15, -0.1) is 11.3 Å². The molecule has 0 bridgehead atoms. The molecule has 4 heteroatoms. The average Bonchev–Trinajstić information content (AvgIpc) is 2.92. The van der Waals surface area contributed by atoms with Crippen LogP contribution in [0.5, 0.6) is 0 Å². The van der Waals surface area contributed by atoms with Crippen molar-refractivity contribution in [1.82, 2.24) is 0 Å². The van der Waals surface area contributed by atoms with Gasteiger partial charge in [0.2, 0.25) is 0 Å². The number of carbonyl (C=O) groups excluding carboxylic acids is 2. The van der Waals surface area contributed by atoms with E-state index in [0.29, 0.717) is 16.8 Å². The highest BCUT2D eigenvalue weighted by atomic mass is 32.1. The Balaban J connectivity index is 1.84. The van der Waals surface area contributed by atoms with Crippen LogP contribution in [-0.2, 0) is 0 Å². The van der Waals surface area contributed by atoms with Crippen molar-refractivity contribution in [3.05, 3.63) is 65.0 Å². The molecule has 21 heavy (non-hydrogen) atoms. The van der Waals surface area contributed by atoms with E-state index in [0.717, 1.165) is 10.1 Å². The molecule has 3 nitrogen and oxygen atoms in total. The van der Waals surface area contributed by atoms with Crippen LogP contribution < -0.4 is 5.32 Å². The lowest BCUT2D eigenvalue weighted by Crippen LogP contribution is -2.11. The van der Waals surface area contributed by atoms with Gasteiger partial charge in [0, 0.05) is 26.7 Å². The van der Waals surface area contributed by atoms with E-state index in [2.05, 4.69) is 5.32 Å². The van der Waals surface area contributed by atoms with Crippen molar-refractivity contribution in [2.75, 3.05) is 5.32 Å². The number of Topliss-reactive ketones (excluding diaryl/α,β-unsaturated/α-hetero) is 1. The summed E-state index contributed by atoms with van der Waals surface area (Å²) in [4.78, 5) is 23.6. The van der Waals surface area contributed by atoms with E-state index < -0.39 is 0 Å². The average molecular weight is 295 g/mol. The summed E-state index contributed by atoms with van der Waals surface area (Å²) >= 11 is 1.55. The number of rotatable bonds is 3. The lowest BCUT2D eigenvalue weighted by molar-refractivity contribution is 0.101. The second-order valence-corrected chi connectivity index (χ2v) is 5.64. The fourth-order valence-corrected chi connectivity index (χ4v) is 3.08. The molecule has 0 aliphatic rings. The van der Waals surface area contributed by atoms with E-state index in [4.69, 9.17) is 0 Å². The molecule has 0 spiro atoms. The lowest BCUT2D eigenvalue weighted by atomic mass is 10.1. The molecule has 0 fully saturated rings. The molecular weight excluding hydrogens is 282 g/mol. The van der Waals surface area contributed by atoms with Crippen molar-refractivity contribution in [3.63, 3.8) is 0 Å². The van der Waals surface area contributed by atoms with Crippen molar-refractivity contribution < 1.29 is 9.59 Å². The number of hydrogen-bond acceptors (Lipinski definition) is 3. The molecule has 1 aromatic heterocycles. The van der Waals surface area contributed by atoms with Gasteiger partial charge in [-0.3, -0.25) is 9.59 Å². The van der Waals surface area contributed by atoms with Crippen LogP contribution in [0.2, 0.25) is 0 Å². The van der Waals surface area contributed by atoms with Gasteiger partial charge in [-0.05, 0) is 37.3 Å². The Kier molecular flexibility index (Phi) is 3.54. The SMILES string of the molecule is CC(=O)c1ccc(NC(=O)c2csc3ccccc23)cc1. The highest BCUT2D eigenvalue weighted by molar-refractivity contribution is 7.17. The van der Waals surface area contributed by atoms with Crippen LogP contribution in [0.25, 0.3) is 10.1 Å². The molecule has 0 unspecified atom stereocenters. The third-order valence-corrected chi connectivity index (χ3v) is 4.24. The van der Waals surface area contributed by atoms with Crippen LogP contribution in [-0.4, -0.2) is 11.7 Å². The van der Waals surface area contributed by atoms with Gasteiger partial charge in [-0.2, -0.15) is 0 Å². The molecule has 104 valence electrons. The monoisotopic (exact) mass is 295 g/mol. The van der Waals surface area contributed by atoms with E-state index in [1.807, 2.05) is 29.6 Å². The van der Waals surface area contributed by atoms with Crippen molar-refractivity contribution in [2.24, 2.45) is 0 Å². The Morgan fingerprint density at radius 1 is 1.00 bits per heavy atom. The first-order chi connectivity index (χ1) is 10.1. The van der Waals surface area contributed by atoms with Gasteiger partial charge in [-0.25, -0.2) is 0 Å². The molecule has 0 radical (unpaired) electrons. The fraction of sp³-hybridized carbons (Fsp3) is 0.0588. The van der Waals surface area contributed by atoms with Crippen LogP contribution in [0.4, 0.5) is 5.69 Å². The normalized spacial score (nSPS) is 10.5. The fourth-order valence-electron chi connectivity index (χ4n) is 2.14. The summed E-state index contributed by atoms with van der Waals surface area (Å²) in [6.07, 6.45) is 0. The number of thiophene rings is 1. The van der Waals surface area contributed by atoms with Crippen LogP contribution in [0.1, 0.15) is 27.6 Å². The highest BCUT2D eigenvalue weighted by Crippen LogP contribution is 2.26. The number of fused-ring (bicyclic) bond motifs is 1.